The standard InChI is InChI=1S/C15H17N5S2/c1-3-20(4-2)11-7-5-10(6-8-11)18-19-15-17-14-12(21-15)9-13(16)22-14/h5-9H,3-4,16H2,1-2H3. The zero-order chi connectivity index (χ0) is 15.5. The number of nitrogens with two attached hydrogens (primary N) is 1. The highest BCUT2D eigenvalue weighted by Gasteiger charge is 2.06. The third-order valence-electron chi connectivity index (χ3n) is 3.33. The zero-order valence-electron chi connectivity index (χ0n) is 12.5. The van der Waals surface area contributed by atoms with Gasteiger partial charge in [-0.15, -0.1) is 10.2 Å². The first kappa shape index (κ1) is 14.9. The maximum absolute atomic E-state index is 5.74. The van der Waals surface area contributed by atoms with E-state index in [0.29, 0.717) is 5.13 Å². The molecule has 0 spiro atoms. The molecule has 3 rings (SSSR count). The van der Waals surface area contributed by atoms with E-state index in [-0.39, 0.29) is 0 Å². The number of thiophene rings is 1. The van der Waals surface area contributed by atoms with Crippen LogP contribution < -0.4 is 10.6 Å². The smallest absolute Gasteiger partial charge is 0.231 e. The van der Waals surface area contributed by atoms with Crippen LogP contribution in [0.1, 0.15) is 13.8 Å². The fourth-order valence-electron chi connectivity index (χ4n) is 2.20. The molecule has 3 aromatic rings. The Balaban J connectivity index is 1.75. The Morgan fingerprint density at radius 2 is 1.82 bits per heavy atom. The molecule has 0 aliphatic carbocycles. The van der Waals surface area contributed by atoms with Crippen LogP contribution in [-0.2, 0) is 0 Å². The van der Waals surface area contributed by atoms with Crippen molar-refractivity contribution >= 4 is 53.7 Å². The van der Waals surface area contributed by atoms with Gasteiger partial charge in [-0.25, -0.2) is 4.98 Å². The van der Waals surface area contributed by atoms with Crippen LogP contribution in [0.25, 0.3) is 9.53 Å². The fraction of sp³-hybridized carbons (Fsp3) is 0.267. The molecule has 0 saturated carbocycles. The second kappa shape index (κ2) is 6.41. The number of nitrogens with zero attached hydrogens (tertiary/aromatic N) is 4. The highest BCUT2D eigenvalue weighted by atomic mass is 32.1. The van der Waals surface area contributed by atoms with Crippen LogP contribution in [0.2, 0.25) is 0 Å². The maximum Gasteiger partial charge on any atom is 0.231 e. The highest BCUT2D eigenvalue weighted by molar-refractivity contribution is 7.30. The van der Waals surface area contributed by atoms with E-state index >= 15 is 0 Å². The highest BCUT2D eigenvalue weighted by Crippen LogP contribution is 2.35. The number of azo groups is 1. The largest absolute Gasteiger partial charge is 0.390 e. The van der Waals surface area contributed by atoms with Crippen LogP contribution >= 0.6 is 22.7 Å². The molecule has 0 aliphatic rings. The van der Waals surface area contributed by atoms with E-state index in [2.05, 4.69) is 46.1 Å². The van der Waals surface area contributed by atoms with Crippen molar-refractivity contribution in [3.05, 3.63) is 30.3 Å². The number of thiazole rings is 1. The van der Waals surface area contributed by atoms with Gasteiger partial charge in [0.1, 0.15) is 4.83 Å². The number of nitrogen functional groups attached to an aromatic ring is 1. The zero-order valence-corrected chi connectivity index (χ0v) is 14.1. The third-order valence-corrected chi connectivity index (χ3v) is 5.20. The van der Waals surface area contributed by atoms with Gasteiger partial charge in [-0.1, -0.05) is 22.7 Å². The minimum Gasteiger partial charge on any atom is -0.390 e. The van der Waals surface area contributed by atoms with Gasteiger partial charge in [0.2, 0.25) is 5.13 Å². The monoisotopic (exact) mass is 331 g/mol. The minimum atomic E-state index is 0.661. The molecule has 7 heteroatoms. The maximum atomic E-state index is 5.74. The summed E-state index contributed by atoms with van der Waals surface area (Å²) in [7, 11) is 0. The first-order valence-electron chi connectivity index (χ1n) is 7.12. The molecule has 2 aromatic heterocycles. The molecular formula is C15H17N5S2. The molecule has 0 aliphatic heterocycles. The Labute approximate surface area is 137 Å². The summed E-state index contributed by atoms with van der Waals surface area (Å²) < 4.78 is 1.06. The number of hydrogen-bond donors (Lipinski definition) is 1. The van der Waals surface area contributed by atoms with Crippen molar-refractivity contribution in [3.8, 4) is 0 Å². The van der Waals surface area contributed by atoms with Crippen LogP contribution in [0.3, 0.4) is 0 Å². The van der Waals surface area contributed by atoms with Gasteiger partial charge >= 0.3 is 0 Å². The molecular weight excluding hydrogens is 314 g/mol. The Bertz CT molecular complexity index is 752. The summed E-state index contributed by atoms with van der Waals surface area (Å²) in [5, 5.41) is 9.91. The number of aromatic nitrogens is 1. The van der Waals surface area contributed by atoms with Crippen LogP contribution in [0.15, 0.2) is 40.6 Å². The van der Waals surface area contributed by atoms with Crippen molar-refractivity contribution in [3.63, 3.8) is 0 Å². The SMILES string of the molecule is CCN(CC)c1ccc(N=Nc2nc3sc(N)cc3s2)cc1. The number of benzene rings is 1. The predicted octanol–water partition coefficient (Wildman–Crippen LogP) is 5.20. The van der Waals surface area contributed by atoms with Gasteiger partial charge in [0.05, 0.1) is 15.4 Å². The van der Waals surface area contributed by atoms with E-state index in [9.17, 15) is 0 Å². The lowest BCUT2D eigenvalue weighted by Crippen LogP contribution is -2.21. The van der Waals surface area contributed by atoms with Gasteiger partial charge < -0.3 is 10.6 Å². The number of anilines is 2. The lowest BCUT2D eigenvalue weighted by Gasteiger charge is -2.20. The molecule has 114 valence electrons. The summed E-state index contributed by atoms with van der Waals surface area (Å²) in [5.41, 5.74) is 7.77. The van der Waals surface area contributed by atoms with E-state index < -0.39 is 0 Å². The second-order valence-electron chi connectivity index (χ2n) is 4.70. The lowest BCUT2D eigenvalue weighted by atomic mass is 10.2. The average Bonchev–Trinajstić information content (AvgIpc) is 3.04. The minimum absolute atomic E-state index is 0.661. The normalized spacial score (nSPS) is 11.5. The molecule has 0 amide bonds. The first-order chi connectivity index (χ1) is 10.7. The number of hydrogen-bond acceptors (Lipinski definition) is 7. The summed E-state index contributed by atoms with van der Waals surface area (Å²) in [6.45, 7) is 6.29. The Morgan fingerprint density at radius 3 is 2.45 bits per heavy atom. The van der Waals surface area contributed by atoms with Gasteiger partial charge in [0.15, 0.2) is 0 Å². The van der Waals surface area contributed by atoms with Crippen molar-refractivity contribution in [1.82, 2.24) is 4.98 Å². The van der Waals surface area contributed by atoms with Crippen LogP contribution in [0, 0.1) is 0 Å². The molecule has 0 radical (unpaired) electrons. The molecule has 2 heterocycles. The van der Waals surface area contributed by atoms with Gasteiger partial charge in [-0.2, -0.15) is 0 Å². The van der Waals surface area contributed by atoms with E-state index in [0.717, 1.165) is 33.3 Å². The van der Waals surface area contributed by atoms with Gasteiger partial charge in [0.25, 0.3) is 0 Å². The van der Waals surface area contributed by atoms with Crippen LogP contribution in [-0.4, -0.2) is 18.1 Å². The molecule has 22 heavy (non-hydrogen) atoms. The summed E-state index contributed by atoms with van der Waals surface area (Å²) >= 11 is 2.98. The second-order valence-corrected chi connectivity index (χ2v) is 6.77. The Kier molecular flexibility index (Phi) is 4.35. The molecule has 0 saturated heterocycles. The molecule has 1 aromatic carbocycles. The van der Waals surface area contributed by atoms with Crippen molar-refractivity contribution in [1.29, 1.82) is 0 Å². The molecule has 0 fully saturated rings. The molecule has 0 bridgehead atoms. The lowest BCUT2D eigenvalue weighted by molar-refractivity contribution is 0.866. The molecule has 5 nitrogen and oxygen atoms in total. The summed E-state index contributed by atoms with van der Waals surface area (Å²) in [5.74, 6) is 0. The summed E-state index contributed by atoms with van der Waals surface area (Å²) in [4.78, 5) is 7.63. The summed E-state index contributed by atoms with van der Waals surface area (Å²) in [6, 6.07) is 10.0. The van der Waals surface area contributed by atoms with E-state index in [4.69, 9.17) is 5.73 Å². The van der Waals surface area contributed by atoms with E-state index in [1.54, 1.807) is 0 Å². The first-order valence-corrected chi connectivity index (χ1v) is 8.75. The van der Waals surface area contributed by atoms with Gasteiger partial charge in [-0.3, -0.25) is 0 Å². The fourth-order valence-corrected chi connectivity index (χ4v) is 4.01. The third kappa shape index (κ3) is 3.10. The van der Waals surface area contributed by atoms with E-state index in [1.807, 2.05) is 18.2 Å². The van der Waals surface area contributed by atoms with Gasteiger partial charge in [0, 0.05) is 18.8 Å². The summed E-state index contributed by atoms with van der Waals surface area (Å²) in [6.07, 6.45) is 0. The van der Waals surface area contributed by atoms with Crippen molar-refractivity contribution in [2.45, 2.75) is 13.8 Å². The van der Waals surface area contributed by atoms with Crippen molar-refractivity contribution in [2.75, 3.05) is 23.7 Å². The molecule has 2 N–H and O–H groups in total. The Hall–Kier alpha value is -1.99. The quantitative estimate of drug-likeness (QED) is 0.653. The average molecular weight is 331 g/mol. The van der Waals surface area contributed by atoms with Crippen LogP contribution in [0.5, 0.6) is 0 Å². The molecule has 0 atom stereocenters. The number of fused-ring (bicyclic) bond motifs is 1. The number of rotatable bonds is 5. The molecule has 0 unspecified atom stereocenters. The van der Waals surface area contributed by atoms with Gasteiger partial charge in [-0.05, 0) is 44.2 Å². The topological polar surface area (TPSA) is 66.9 Å². The van der Waals surface area contributed by atoms with Crippen molar-refractivity contribution < 1.29 is 0 Å². The van der Waals surface area contributed by atoms with E-state index in [1.165, 1.54) is 28.4 Å². The Morgan fingerprint density at radius 1 is 1.09 bits per heavy atom. The van der Waals surface area contributed by atoms with Crippen LogP contribution in [0.4, 0.5) is 21.5 Å². The predicted molar refractivity (Wildman–Crippen MR) is 96.1 cm³/mol. The van der Waals surface area contributed by atoms with Crippen molar-refractivity contribution in [2.24, 2.45) is 10.2 Å².